The first-order valence-electron chi connectivity index (χ1n) is 17.1. The van der Waals surface area contributed by atoms with Crippen LogP contribution in [0.2, 0.25) is 0 Å². The van der Waals surface area contributed by atoms with Gasteiger partial charge in [-0.3, -0.25) is 4.98 Å². The molecule has 3 nitrogen and oxygen atoms in total. The van der Waals surface area contributed by atoms with Crippen molar-refractivity contribution in [3.05, 3.63) is 163 Å². The van der Waals surface area contributed by atoms with Gasteiger partial charge in [-0.05, 0) is 69.5 Å². The fraction of sp³-hybridized carbons (Fsp3) is 0.133. The van der Waals surface area contributed by atoms with Gasteiger partial charge in [0.2, 0.25) is 0 Å². The van der Waals surface area contributed by atoms with Crippen molar-refractivity contribution in [1.29, 1.82) is 0 Å². The largest absolute Gasteiger partial charge is 0.264 e. The molecule has 2 aliphatic carbocycles. The summed E-state index contributed by atoms with van der Waals surface area (Å²) in [4.78, 5) is 14.4. The molecule has 5 aromatic carbocycles. The highest BCUT2D eigenvalue weighted by Gasteiger charge is 2.45. The van der Waals surface area contributed by atoms with E-state index in [9.17, 15) is 0 Å². The van der Waals surface area contributed by atoms with E-state index in [1.54, 1.807) is 6.20 Å². The lowest BCUT2D eigenvalue weighted by atomic mass is 9.66. The molecule has 2 heterocycles. The maximum absolute atomic E-state index is 5.10. The number of hydrogen-bond acceptors (Lipinski definition) is 3. The number of benzene rings is 5. The van der Waals surface area contributed by atoms with Gasteiger partial charge in [0.25, 0.3) is 0 Å². The van der Waals surface area contributed by atoms with E-state index < -0.39 is 0 Å². The van der Waals surface area contributed by atoms with Crippen LogP contribution in [-0.2, 0) is 5.41 Å². The smallest absolute Gasteiger partial charge is 0.160 e. The highest BCUT2D eigenvalue weighted by Crippen LogP contribution is 2.58. The van der Waals surface area contributed by atoms with E-state index in [-0.39, 0.29) is 5.41 Å². The van der Waals surface area contributed by atoms with Crippen molar-refractivity contribution in [3.8, 4) is 67.3 Å². The van der Waals surface area contributed by atoms with E-state index >= 15 is 0 Å². The zero-order chi connectivity index (χ0) is 31.9. The Kier molecular flexibility index (Phi) is 7.04. The Morgan fingerprint density at radius 1 is 0.438 bits per heavy atom. The van der Waals surface area contributed by atoms with Crippen molar-refractivity contribution in [3.63, 3.8) is 0 Å². The quantitative estimate of drug-likeness (QED) is 0.193. The zero-order valence-electron chi connectivity index (χ0n) is 26.8. The van der Waals surface area contributed by atoms with Crippen LogP contribution in [0.4, 0.5) is 0 Å². The van der Waals surface area contributed by atoms with E-state index in [1.165, 1.54) is 65.5 Å². The lowest BCUT2D eigenvalue weighted by molar-refractivity contribution is 0.353. The Bertz CT molecular complexity index is 2230. The zero-order valence-corrected chi connectivity index (χ0v) is 26.8. The van der Waals surface area contributed by atoms with Gasteiger partial charge >= 0.3 is 0 Å². The number of fused-ring (bicyclic) bond motifs is 5. The van der Waals surface area contributed by atoms with Gasteiger partial charge in [0.05, 0.1) is 11.4 Å². The highest BCUT2D eigenvalue weighted by molar-refractivity contribution is 5.89. The van der Waals surface area contributed by atoms with E-state index in [4.69, 9.17) is 9.97 Å². The fourth-order valence-corrected chi connectivity index (χ4v) is 8.12. The Hall–Kier alpha value is -5.67. The van der Waals surface area contributed by atoms with Crippen molar-refractivity contribution in [2.75, 3.05) is 0 Å². The normalized spacial score (nSPS) is 14.4. The molecule has 0 N–H and O–H groups in total. The summed E-state index contributed by atoms with van der Waals surface area (Å²) < 4.78 is 0. The predicted octanol–water partition coefficient (Wildman–Crippen LogP) is 11.4. The summed E-state index contributed by atoms with van der Waals surface area (Å²) in [6, 6.07) is 50.1. The molecule has 0 saturated heterocycles. The molecule has 48 heavy (non-hydrogen) atoms. The number of hydrogen-bond donors (Lipinski definition) is 0. The van der Waals surface area contributed by atoms with Crippen LogP contribution < -0.4 is 0 Å². The second kappa shape index (κ2) is 11.8. The maximum Gasteiger partial charge on any atom is 0.160 e. The molecule has 1 saturated carbocycles. The summed E-state index contributed by atoms with van der Waals surface area (Å²) in [5.74, 6) is 0.724. The van der Waals surface area contributed by atoms with Gasteiger partial charge in [-0.15, -0.1) is 0 Å². The van der Waals surface area contributed by atoms with Crippen LogP contribution in [0, 0.1) is 0 Å². The van der Waals surface area contributed by atoms with E-state index in [0.717, 1.165) is 45.0 Å². The third kappa shape index (κ3) is 4.86. The average Bonchev–Trinajstić information content (AvgIpc) is 3.44. The first kappa shape index (κ1) is 28.5. The molecule has 0 aliphatic heterocycles. The molecule has 7 aromatic rings. The average molecular weight is 618 g/mol. The Morgan fingerprint density at radius 2 is 1.04 bits per heavy atom. The van der Waals surface area contributed by atoms with E-state index in [0.29, 0.717) is 0 Å². The second-order valence-corrected chi connectivity index (χ2v) is 13.1. The molecule has 0 atom stereocenters. The van der Waals surface area contributed by atoms with Crippen LogP contribution in [0.3, 0.4) is 0 Å². The van der Waals surface area contributed by atoms with Gasteiger partial charge in [0, 0.05) is 34.5 Å². The number of rotatable bonds is 5. The first-order chi connectivity index (χ1) is 23.8. The summed E-state index contributed by atoms with van der Waals surface area (Å²) in [6.07, 6.45) is 10.0. The summed E-state index contributed by atoms with van der Waals surface area (Å²) in [7, 11) is 0. The van der Waals surface area contributed by atoms with Crippen LogP contribution in [0.15, 0.2) is 152 Å². The minimum atomic E-state index is 0.109. The van der Waals surface area contributed by atoms with Crippen LogP contribution in [0.5, 0.6) is 0 Å². The van der Waals surface area contributed by atoms with Crippen molar-refractivity contribution in [2.45, 2.75) is 37.5 Å². The lowest BCUT2D eigenvalue weighted by Crippen LogP contribution is -2.28. The SMILES string of the molecule is c1ccc(-c2nc(-c3ccc(-c4cccnc4)cc3)cc(-c3ccc(-c4cccc5c4C4(CCCCC4)c4ccccc4-5)cc3)n2)cc1. The van der Waals surface area contributed by atoms with Gasteiger partial charge in [-0.1, -0.05) is 147 Å². The van der Waals surface area contributed by atoms with Crippen molar-refractivity contribution >= 4 is 0 Å². The minimum absolute atomic E-state index is 0.109. The minimum Gasteiger partial charge on any atom is -0.264 e. The molecule has 1 fully saturated rings. The highest BCUT2D eigenvalue weighted by atomic mass is 14.9. The van der Waals surface area contributed by atoms with Crippen LogP contribution in [0.1, 0.15) is 43.2 Å². The van der Waals surface area contributed by atoms with Crippen LogP contribution in [-0.4, -0.2) is 15.0 Å². The van der Waals surface area contributed by atoms with Crippen LogP contribution >= 0.6 is 0 Å². The van der Waals surface area contributed by atoms with Gasteiger partial charge in [0.1, 0.15) is 0 Å². The van der Waals surface area contributed by atoms with E-state index in [1.807, 2.05) is 30.5 Å². The maximum atomic E-state index is 5.10. The molecule has 230 valence electrons. The molecule has 0 unspecified atom stereocenters. The van der Waals surface area contributed by atoms with Gasteiger partial charge in [-0.25, -0.2) is 9.97 Å². The second-order valence-electron chi connectivity index (χ2n) is 13.1. The van der Waals surface area contributed by atoms with E-state index in [2.05, 4.69) is 120 Å². The number of pyridine rings is 1. The van der Waals surface area contributed by atoms with Crippen molar-refractivity contribution in [2.24, 2.45) is 0 Å². The molecule has 2 aliphatic rings. The Balaban J connectivity index is 1.12. The third-order valence-corrected chi connectivity index (χ3v) is 10.4. The predicted molar refractivity (Wildman–Crippen MR) is 196 cm³/mol. The molecular formula is C45H35N3. The molecule has 0 amide bonds. The lowest BCUT2D eigenvalue weighted by Gasteiger charge is -2.37. The molecule has 9 rings (SSSR count). The summed E-state index contributed by atoms with van der Waals surface area (Å²) in [6.45, 7) is 0. The standard InChI is InChI=1S/C45H35N3/c1-3-11-35(12-4-1)44-47-41(33-22-18-31(19-23-33)36-13-10-28-46-30-36)29-42(48-44)34-24-20-32(21-25-34)37-15-9-16-39-38-14-5-6-17-40(38)45(43(37)39)26-7-2-8-27-45/h1,3-6,9-25,28-30H,2,7-8,26-27H2. The summed E-state index contributed by atoms with van der Waals surface area (Å²) in [5, 5.41) is 0. The van der Waals surface area contributed by atoms with Crippen LogP contribution in [0.25, 0.3) is 67.3 Å². The van der Waals surface area contributed by atoms with Gasteiger partial charge in [-0.2, -0.15) is 0 Å². The summed E-state index contributed by atoms with van der Waals surface area (Å²) >= 11 is 0. The number of aromatic nitrogens is 3. The molecule has 3 heteroatoms. The first-order valence-corrected chi connectivity index (χ1v) is 17.1. The molecule has 2 aromatic heterocycles. The molecule has 0 radical (unpaired) electrons. The topological polar surface area (TPSA) is 38.7 Å². The summed E-state index contributed by atoms with van der Waals surface area (Å²) in [5.41, 5.74) is 15.8. The van der Waals surface area contributed by atoms with Crippen molar-refractivity contribution < 1.29 is 0 Å². The van der Waals surface area contributed by atoms with Gasteiger partial charge in [0.15, 0.2) is 5.82 Å². The van der Waals surface area contributed by atoms with Crippen molar-refractivity contribution in [1.82, 2.24) is 15.0 Å². The Morgan fingerprint density at radius 3 is 1.75 bits per heavy atom. The number of nitrogens with zero attached hydrogens (tertiary/aromatic N) is 3. The molecule has 0 bridgehead atoms. The molecular weight excluding hydrogens is 583 g/mol. The monoisotopic (exact) mass is 617 g/mol. The van der Waals surface area contributed by atoms with Gasteiger partial charge < -0.3 is 0 Å². The third-order valence-electron chi connectivity index (χ3n) is 10.4. The molecule has 1 spiro atoms. The Labute approximate surface area is 282 Å². The fourth-order valence-electron chi connectivity index (χ4n) is 8.12.